The molecule has 1 amide bonds. The number of aromatic nitrogens is 4. The van der Waals surface area contributed by atoms with Gasteiger partial charge in [-0.3, -0.25) is 4.79 Å². The number of nitrogens with zero attached hydrogens (tertiary/aromatic N) is 4. The number of carbonyl (C=O) groups is 2. The van der Waals surface area contributed by atoms with Crippen LogP contribution >= 0.6 is 23.1 Å². The maximum absolute atomic E-state index is 12.7. The highest BCUT2D eigenvalue weighted by atomic mass is 32.2. The van der Waals surface area contributed by atoms with Crippen LogP contribution in [0.1, 0.15) is 17.3 Å². The zero-order chi connectivity index (χ0) is 25.8. The van der Waals surface area contributed by atoms with Gasteiger partial charge < -0.3 is 14.6 Å². The molecule has 0 aliphatic heterocycles. The van der Waals surface area contributed by atoms with E-state index in [1.165, 1.54) is 30.2 Å². The second-order valence-electron chi connectivity index (χ2n) is 7.98. The molecule has 0 aliphatic rings. The van der Waals surface area contributed by atoms with E-state index in [1.54, 1.807) is 11.4 Å². The minimum Gasteiger partial charge on any atom is -0.465 e. The summed E-state index contributed by atoms with van der Waals surface area (Å²) in [6.07, 6.45) is 0. The molecule has 37 heavy (non-hydrogen) atoms. The summed E-state index contributed by atoms with van der Waals surface area (Å²) in [6, 6.07) is 21.7. The first-order valence-electron chi connectivity index (χ1n) is 11.6. The molecule has 10 heteroatoms. The molecular formula is C27H23N5O3S2. The number of amides is 1. The van der Waals surface area contributed by atoms with E-state index in [0.29, 0.717) is 28.1 Å². The maximum Gasteiger partial charge on any atom is 0.340 e. The summed E-state index contributed by atoms with van der Waals surface area (Å²) in [5, 5.41) is 15.5. The van der Waals surface area contributed by atoms with E-state index >= 15 is 0 Å². The van der Waals surface area contributed by atoms with E-state index in [0.717, 1.165) is 27.7 Å². The Morgan fingerprint density at radius 1 is 1.05 bits per heavy atom. The average molecular weight is 530 g/mol. The summed E-state index contributed by atoms with van der Waals surface area (Å²) in [4.78, 5) is 29.4. The third-order valence-electron chi connectivity index (χ3n) is 5.72. The number of pyridine rings is 1. The lowest BCUT2D eigenvalue weighted by molar-refractivity contribution is -0.113. The summed E-state index contributed by atoms with van der Waals surface area (Å²) in [5.74, 6) is 0.0974. The zero-order valence-corrected chi connectivity index (χ0v) is 21.8. The molecule has 0 bridgehead atoms. The van der Waals surface area contributed by atoms with Crippen LogP contribution in [0.2, 0.25) is 0 Å². The monoisotopic (exact) mass is 529 g/mol. The Labute approximate surface area is 221 Å². The van der Waals surface area contributed by atoms with E-state index < -0.39 is 5.97 Å². The van der Waals surface area contributed by atoms with Gasteiger partial charge >= 0.3 is 5.97 Å². The summed E-state index contributed by atoms with van der Waals surface area (Å²) < 4.78 is 6.77. The van der Waals surface area contributed by atoms with E-state index in [9.17, 15) is 9.59 Å². The van der Waals surface area contributed by atoms with Crippen molar-refractivity contribution in [1.29, 1.82) is 0 Å². The molecule has 0 fully saturated rings. The average Bonchev–Trinajstić information content (AvgIpc) is 3.58. The summed E-state index contributed by atoms with van der Waals surface area (Å²) in [5.41, 5.74) is 4.00. The third kappa shape index (κ3) is 5.11. The van der Waals surface area contributed by atoms with Crippen LogP contribution in [-0.2, 0) is 16.1 Å². The van der Waals surface area contributed by atoms with Gasteiger partial charge in [0.1, 0.15) is 5.00 Å². The van der Waals surface area contributed by atoms with Crippen LogP contribution in [-0.4, -0.2) is 44.5 Å². The quantitative estimate of drug-likeness (QED) is 0.202. The molecular weight excluding hydrogens is 506 g/mol. The number of thiophene rings is 1. The van der Waals surface area contributed by atoms with Crippen LogP contribution < -0.4 is 5.32 Å². The Kier molecular flexibility index (Phi) is 7.29. The smallest absolute Gasteiger partial charge is 0.340 e. The number of benzene rings is 2. The number of hydrogen-bond acceptors (Lipinski definition) is 8. The topological polar surface area (TPSA) is 99.0 Å². The first kappa shape index (κ1) is 24.7. The summed E-state index contributed by atoms with van der Waals surface area (Å²) >= 11 is 2.56. The molecule has 0 spiro atoms. The van der Waals surface area contributed by atoms with Crippen LogP contribution in [0, 0.1) is 0 Å². The number of methoxy groups -OCH3 is 1. The van der Waals surface area contributed by atoms with E-state index in [-0.39, 0.29) is 11.7 Å². The number of rotatable bonds is 8. The molecule has 5 rings (SSSR count). The SMILES string of the molecule is CCn1c(SCC(=O)Nc2sccc2C(=O)OC)nnc1-c1cc(-c2ccccc2)nc2ccccc12. The highest BCUT2D eigenvalue weighted by molar-refractivity contribution is 7.99. The van der Waals surface area contributed by atoms with Crippen LogP contribution in [0.4, 0.5) is 5.00 Å². The molecule has 0 saturated heterocycles. The van der Waals surface area contributed by atoms with Crippen molar-refractivity contribution >= 4 is 50.9 Å². The number of thioether (sulfide) groups is 1. The standard InChI is InChI=1S/C27H23N5O3S2/c1-3-32-24(20-15-22(17-9-5-4-6-10-17)28-21-12-8-7-11-18(20)21)30-31-27(32)37-16-23(33)29-25-19(13-14-36-25)26(34)35-2/h4-15H,3,16H2,1-2H3,(H,29,33). The Morgan fingerprint density at radius 2 is 1.84 bits per heavy atom. The van der Waals surface area contributed by atoms with Crippen molar-refractivity contribution in [2.45, 2.75) is 18.6 Å². The van der Waals surface area contributed by atoms with Gasteiger partial charge in [0.2, 0.25) is 5.91 Å². The van der Waals surface area contributed by atoms with Crippen LogP contribution in [0.3, 0.4) is 0 Å². The third-order valence-corrected chi connectivity index (χ3v) is 7.51. The highest BCUT2D eigenvalue weighted by Crippen LogP contribution is 2.33. The van der Waals surface area contributed by atoms with Gasteiger partial charge in [-0.05, 0) is 30.5 Å². The number of ether oxygens (including phenoxy) is 1. The lowest BCUT2D eigenvalue weighted by Crippen LogP contribution is -2.16. The Balaban J connectivity index is 1.43. The molecule has 186 valence electrons. The normalized spacial score (nSPS) is 11.0. The second-order valence-corrected chi connectivity index (χ2v) is 9.84. The van der Waals surface area contributed by atoms with Crippen molar-refractivity contribution < 1.29 is 14.3 Å². The number of anilines is 1. The molecule has 0 atom stereocenters. The van der Waals surface area contributed by atoms with E-state index in [4.69, 9.17) is 9.72 Å². The summed E-state index contributed by atoms with van der Waals surface area (Å²) in [6.45, 7) is 2.65. The Hall–Kier alpha value is -4.02. The highest BCUT2D eigenvalue weighted by Gasteiger charge is 2.20. The van der Waals surface area contributed by atoms with Gasteiger partial charge in [-0.25, -0.2) is 9.78 Å². The van der Waals surface area contributed by atoms with Crippen molar-refractivity contribution in [2.24, 2.45) is 0 Å². The van der Waals surface area contributed by atoms with Crippen molar-refractivity contribution in [3.05, 3.63) is 77.7 Å². The predicted octanol–water partition coefficient (Wildman–Crippen LogP) is 5.76. The molecule has 0 aliphatic carbocycles. The molecule has 3 aromatic heterocycles. The zero-order valence-electron chi connectivity index (χ0n) is 20.2. The number of esters is 1. The van der Waals surface area contributed by atoms with Gasteiger partial charge in [0.25, 0.3) is 0 Å². The van der Waals surface area contributed by atoms with Crippen molar-refractivity contribution in [1.82, 2.24) is 19.7 Å². The van der Waals surface area contributed by atoms with Crippen LogP contribution in [0.5, 0.6) is 0 Å². The minimum atomic E-state index is -0.487. The van der Waals surface area contributed by atoms with Gasteiger partial charge in [0.05, 0.1) is 29.6 Å². The first-order valence-corrected chi connectivity index (χ1v) is 13.4. The largest absolute Gasteiger partial charge is 0.465 e. The van der Waals surface area contributed by atoms with Gasteiger partial charge in [0, 0.05) is 23.1 Å². The van der Waals surface area contributed by atoms with E-state index in [2.05, 4.69) is 15.5 Å². The molecule has 0 radical (unpaired) electrons. The Morgan fingerprint density at radius 3 is 2.62 bits per heavy atom. The molecule has 0 unspecified atom stereocenters. The maximum atomic E-state index is 12.7. The van der Waals surface area contributed by atoms with E-state index in [1.807, 2.05) is 72.2 Å². The van der Waals surface area contributed by atoms with Crippen LogP contribution in [0.25, 0.3) is 33.5 Å². The molecule has 5 aromatic rings. The molecule has 1 N–H and O–H groups in total. The van der Waals surface area contributed by atoms with Gasteiger partial charge in [0.15, 0.2) is 11.0 Å². The fourth-order valence-electron chi connectivity index (χ4n) is 3.97. The fraction of sp³-hybridized carbons (Fsp3) is 0.148. The number of fused-ring (bicyclic) bond motifs is 1. The lowest BCUT2D eigenvalue weighted by atomic mass is 10.0. The Bertz CT molecular complexity index is 1580. The lowest BCUT2D eigenvalue weighted by Gasteiger charge is -2.12. The minimum absolute atomic E-state index is 0.114. The second kappa shape index (κ2) is 10.9. The van der Waals surface area contributed by atoms with Gasteiger partial charge in [-0.2, -0.15) is 0 Å². The first-order chi connectivity index (χ1) is 18.1. The molecule has 8 nitrogen and oxygen atoms in total. The number of para-hydroxylation sites is 1. The summed E-state index contributed by atoms with van der Waals surface area (Å²) in [7, 11) is 1.31. The van der Waals surface area contributed by atoms with Crippen molar-refractivity contribution in [3.8, 4) is 22.6 Å². The fourth-order valence-corrected chi connectivity index (χ4v) is 5.56. The molecule has 2 aromatic carbocycles. The van der Waals surface area contributed by atoms with Crippen LogP contribution in [0.15, 0.2) is 77.3 Å². The molecule has 3 heterocycles. The predicted molar refractivity (Wildman–Crippen MR) is 147 cm³/mol. The van der Waals surface area contributed by atoms with Gasteiger partial charge in [-0.1, -0.05) is 60.3 Å². The molecule has 0 saturated carbocycles. The number of nitrogens with one attached hydrogen (secondary N) is 1. The number of carbonyl (C=O) groups excluding carboxylic acids is 2. The number of hydrogen-bond donors (Lipinski definition) is 1. The van der Waals surface area contributed by atoms with Crippen molar-refractivity contribution in [2.75, 3.05) is 18.2 Å². The van der Waals surface area contributed by atoms with Crippen molar-refractivity contribution in [3.63, 3.8) is 0 Å². The van der Waals surface area contributed by atoms with Gasteiger partial charge in [-0.15, -0.1) is 21.5 Å².